The van der Waals surface area contributed by atoms with E-state index in [1.165, 1.54) is 139 Å². The molecule has 0 saturated heterocycles. The Labute approximate surface area is 199 Å². The standard InChI is InChI=1S/C31H51N/c1-2-3-4-5-6-7-8-9-10-11-12-13-14-15-16-17-18-19-20-21-25-30-28-27-29-24-22-23-26-31(29)32-30/h22-24,26-28H,2-21,25H2,1H3. The third kappa shape index (κ3) is 13.2. The maximum Gasteiger partial charge on any atom is 0.0705 e. The minimum Gasteiger partial charge on any atom is -0.253 e. The molecule has 0 aliphatic heterocycles. The van der Waals surface area contributed by atoms with Crippen LogP contribution in [-0.2, 0) is 6.42 Å². The lowest BCUT2D eigenvalue weighted by Gasteiger charge is -2.05. The Hall–Kier alpha value is -1.37. The highest BCUT2D eigenvalue weighted by molar-refractivity contribution is 5.78. The number of hydrogen-bond acceptors (Lipinski definition) is 1. The van der Waals surface area contributed by atoms with Gasteiger partial charge in [-0.3, -0.25) is 4.98 Å². The van der Waals surface area contributed by atoms with Crippen LogP contribution in [0.15, 0.2) is 36.4 Å². The summed E-state index contributed by atoms with van der Waals surface area (Å²) in [6, 6.07) is 12.9. The van der Waals surface area contributed by atoms with E-state index >= 15 is 0 Å². The molecule has 0 spiro atoms. The quantitative estimate of drug-likeness (QED) is 0.177. The first-order chi connectivity index (χ1) is 15.9. The first kappa shape index (κ1) is 26.9. The van der Waals surface area contributed by atoms with Gasteiger partial charge < -0.3 is 0 Å². The highest BCUT2D eigenvalue weighted by atomic mass is 14.7. The number of benzene rings is 1. The Morgan fingerprint density at radius 3 is 1.41 bits per heavy atom. The van der Waals surface area contributed by atoms with Crippen molar-refractivity contribution in [1.29, 1.82) is 0 Å². The fourth-order valence-electron chi connectivity index (χ4n) is 4.81. The normalized spacial score (nSPS) is 11.4. The van der Waals surface area contributed by atoms with Crippen LogP contribution >= 0.6 is 0 Å². The van der Waals surface area contributed by atoms with Gasteiger partial charge in [0, 0.05) is 11.1 Å². The third-order valence-corrected chi connectivity index (χ3v) is 6.94. The molecule has 0 amide bonds. The molecule has 1 heterocycles. The van der Waals surface area contributed by atoms with E-state index < -0.39 is 0 Å². The number of fused-ring (bicyclic) bond motifs is 1. The van der Waals surface area contributed by atoms with Gasteiger partial charge in [0.25, 0.3) is 0 Å². The van der Waals surface area contributed by atoms with E-state index in [9.17, 15) is 0 Å². The molecule has 1 aromatic carbocycles. The summed E-state index contributed by atoms with van der Waals surface area (Å²) in [4.78, 5) is 4.79. The molecule has 1 aromatic heterocycles. The highest BCUT2D eigenvalue weighted by Crippen LogP contribution is 2.16. The van der Waals surface area contributed by atoms with Crippen LogP contribution in [0.5, 0.6) is 0 Å². The van der Waals surface area contributed by atoms with Gasteiger partial charge in [-0.05, 0) is 25.0 Å². The summed E-state index contributed by atoms with van der Waals surface area (Å²) >= 11 is 0. The van der Waals surface area contributed by atoms with E-state index in [-0.39, 0.29) is 0 Å². The second-order valence-corrected chi connectivity index (χ2v) is 9.96. The van der Waals surface area contributed by atoms with Crippen molar-refractivity contribution in [2.24, 2.45) is 0 Å². The lowest BCUT2D eigenvalue weighted by Crippen LogP contribution is -1.91. The second kappa shape index (κ2) is 19.1. The van der Waals surface area contributed by atoms with Crippen LogP contribution in [0, 0.1) is 0 Å². The third-order valence-electron chi connectivity index (χ3n) is 6.94. The monoisotopic (exact) mass is 437 g/mol. The SMILES string of the molecule is CCCCCCCCCCCCCCCCCCCCCCc1ccc2ccccc2n1. The van der Waals surface area contributed by atoms with Crippen LogP contribution < -0.4 is 0 Å². The number of nitrogens with zero attached hydrogens (tertiary/aromatic N) is 1. The largest absolute Gasteiger partial charge is 0.253 e. The number of hydrogen-bond donors (Lipinski definition) is 0. The Morgan fingerprint density at radius 2 is 0.906 bits per heavy atom. The van der Waals surface area contributed by atoms with Crippen LogP contribution in [-0.4, -0.2) is 4.98 Å². The molecule has 2 rings (SSSR count). The van der Waals surface area contributed by atoms with Crippen molar-refractivity contribution in [1.82, 2.24) is 4.98 Å². The van der Waals surface area contributed by atoms with Gasteiger partial charge in [-0.2, -0.15) is 0 Å². The molecule has 180 valence electrons. The zero-order valence-electron chi connectivity index (χ0n) is 21.3. The van der Waals surface area contributed by atoms with Gasteiger partial charge in [-0.1, -0.05) is 153 Å². The molecule has 0 bridgehead atoms. The van der Waals surface area contributed by atoms with Crippen molar-refractivity contribution in [2.75, 3.05) is 0 Å². The first-order valence-electron chi connectivity index (χ1n) is 14.2. The summed E-state index contributed by atoms with van der Waals surface area (Å²) in [5.74, 6) is 0. The van der Waals surface area contributed by atoms with Gasteiger partial charge in [-0.15, -0.1) is 0 Å². The molecule has 1 nitrogen and oxygen atoms in total. The molecule has 0 unspecified atom stereocenters. The molecular formula is C31H51N. The number of rotatable bonds is 21. The van der Waals surface area contributed by atoms with E-state index in [2.05, 4.69) is 43.3 Å². The van der Waals surface area contributed by atoms with Crippen LogP contribution in [0.3, 0.4) is 0 Å². The highest BCUT2D eigenvalue weighted by Gasteiger charge is 1.99. The van der Waals surface area contributed by atoms with Crippen molar-refractivity contribution < 1.29 is 0 Å². The van der Waals surface area contributed by atoms with Crippen LogP contribution in [0.4, 0.5) is 0 Å². The molecule has 0 aliphatic rings. The van der Waals surface area contributed by atoms with Gasteiger partial charge >= 0.3 is 0 Å². The molecule has 1 heteroatoms. The van der Waals surface area contributed by atoms with Gasteiger partial charge in [0.1, 0.15) is 0 Å². The minimum atomic E-state index is 1.13. The second-order valence-electron chi connectivity index (χ2n) is 9.96. The van der Waals surface area contributed by atoms with Crippen molar-refractivity contribution >= 4 is 10.9 Å². The number of aryl methyl sites for hydroxylation is 1. The topological polar surface area (TPSA) is 12.9 Å². The average Bonchev–Trinajstić information content (AvgIpc) is 2.82. The number of pyridine rings is 1. The van der Waals surface area contributed by atoms with E-state index in [4.69, 9.17) is 4.98 Å². The Kier molecular flexibility index (Phi) is 16.1. The molecule has 2 aromatic rings. The summed E-state index contributed by atoms with van der Waals surface area (Å²) in [5, 5.41) is 1.25. The molecule has 32 heavy (non-hydrogen) atoms. The zero-order valence-corrected chi connectivity index (χ0v) is 21.3. The summed E-state index contributed by atoms with van der Waals surface area (Å²) < 4.78 is 0. The van der Waals surface area contributed by atoms with E-state index in [1.807, 2.05) is 0 Å². The molecule has 0 atom stereocenters. The van der Waals surface area contributed by atoms with Gasteiger partial charge in [0.15, 0.2) is 0 Å². The molecule has 0 fully saturated rings. The fourth-order valence-corrected chi connectivity index (χ4v) is 4.81. The van der Waals surface area contributed by atoms with Gasteiger partial charge in [-0.25, -0.2) is 0 Å². The van der Waals surface area contributed by atoms with E-state index in [1.54, 1.807) is 0 Å². The average molecular weight is 438 g/mol. The number of unbranched alkanes of at least 4 members (excludes halogenated alkanes) is 19. The predicted octanol–water partition coefficient (Wildman–Crippen LogP) is 10.6. The molecule has 0 saturated carbocycles. The lowest BCUT2D eigenvalue weighted by molar-refractivity contribution is 0.521. The Morgan fingerprint density at radius 1 is 0.469 bits per heavy atom. The zero-order chi connectivity index (χ0) is 22.5. The van der Waals surface area contributed by atoms with Gasteiger partial charge in [0.2, 0.25) is 0 Å². The minimum absolute atomic E-state index is 1.13. The van der Waals surface area contributed by atoms with E-state index in [0.717, 1.165) is 11.9 Å². The van der Waals surface area contributed by atoms with Gasteiger partial charge in [0.05, 0.1) is 5.52 Å². The Balaban J connectivity index is 1.28. The van der Waals surface area contributed by atoms with E-state index in [0.29, 0.717) is 0 Å². The Bertz CT molecular complexity index is 677. The first-order valence-corrected chi connectivity index (χ1v) is 14.2. The number of para-hydroxylation sites is 1. The summed E-state index contributed by atoms with van der Waals surface area (Å²) in [7, 11) is 0. The molecule has 0 aliphatic carbocycles. The molecular weight excluding hydrogens is 386 g/mol. The van der Waals surface area contributed by atoms with Crippen molar-refractivity contribution in [3.8, 4) is 0 Å². The summed E-state index contributed by atoms with van der Waals surface area (Å²) in [5.41, 5.74) is 2.39. The van der Waals surface area contributed by atoms with Crippen molar-refractivity contribution in [2.45, 2.75) is 142 Å². The lowest BCUT2D eigenvalue weighted by atomic mass is 10.0. The van der Waals surface area contributed by atoms with Crippen LogP contribution in [0.1, 0.15) is 141 Å². The van der Waals surface area contributed by atoms with Crippen molar-refractivity contribution in [3.05, 3.63) is 42.1 Å². The predicted molar refractivity (Wildman–Crippen MR) is 143 cm³/mol. The number of aromatic nitrogens is 1. The van der Waals surface area contributed by atoms with Crippen LogP contribution in [0.25, 0.3) is 10.9 Å². The van der Waals surface area contributed by atoms with Crippen molar-refractivity contribution in [3.63, 3.8) is 0 Å². The molecule has 0 N–H and O–H groups in total. The molecule has 0 radical (unpaired) electrons. The smallest absolute Gasteiger partial charge is 0.0705 e. The maximum atomic E-state index is 4.79. The maximum absolute atomic E-state index is 4.79. The summed E-state index contributed by atoms with van der Waals surface area (Å²) in [6.07, 6.45) is 29.9. The van der Waals surface area contributed by atoms with Crippen LogP contribution in [0.2, 0.25) is 0 Å². The fraction of sp³-hybridized carbons (Fsp3) is 0.710. The summed E-state index contributed by atoms with van der Waals surface area (Å²) in [6.45, 7) is 2.30.